The molecule has 5 nitrogen and oxygen atoms in total. The highest BCUT2D eigenvalue weighted by atomic mass is 32.2. The molecule has 0 unspecified atom stereocenters. The fraction of sp³-hybridized carbons (Fsp3) is 0.296. The Hall–Kier alpha value is -2.90. The van der Waals surface area contributed by atoms with Crippen LogP contribution in [-0.2, 0) is 4.79 Å². The summed E-state index contributed by atoms with van der Waals surface area (Å²) in [4.78, 5) is 15.5. The Bertz CT molecular complexity index is 1220. The number of thiocarbonyl (C=S) groups is 1. The molecule has 1 aliphatic heterocycles. The number of amides is 1. The Kier molecular flexibility index (Phi) is 7.85. The van der Waals surface area contributed by atoms with Crippen molar-refractivity contribution in [3.8, 4) is 22.7 Å². The average Bonchev–Trinajstić information content (AvgIpc) is 3.37. The lowest BCUT2D eigenvalue weighted by Crippen LogP contribution is -2.28. The molecule has 1 fully saturated rings. The van der Waals surface area contributed by atoms with Crippen LogP contribution in [0.3, 0.4) is 0 Å². The number of rotatable bonds is 9. The lowest BCUT2D eigenvalue weighted by atomic mass is 10.0. The normalized spacial score (nSPS) is 14.9. The van der Waals surface area contributed by atoms with Crippen LogP contribution < -0.4 is 4.74 Å². The first kappa shape index (κ1) is 24.2. The zero-order chi connectivity index (χ0) is 24.1. The summed E-state index contributed by atoms with van der Waals surface area (Å²) in [5, 5.41) is 4.90. The van der Waals surface area contributed by atoms with Crippen molar-refractivity contribution in [1.29, 1.82) is 0 Å². The van der Waals surface area contributed by atoms with E-state index in [1.807, 2.05) is 73.3 Å². The first-order valence-corrected chi connectivity index (χ1v) is 12.9. The van der Waals surface area contributed by atoms with Crippen molar-refractivity contribution in [2.45, 2.75) is 40.0 Å². The summed E-state index contributed by atoms with van der Waals surface area (Å²) >= 11 is 6.88. The van der Waals surface area contributed by atoms with E-state index in [9.17, 15) is 4.79 Å². The number of hydrogen-bond acceptors (Lipinski definition) is 5. The predicted octanol–water partition coefficient (Wildman–Crippen LogP) is 6.64. The molecule has 1 aliphatic rings. The number of nitrogens with zero attached hydrogens (tertiary/aromatic N) is 3. The molecule has 1 saturated heterocycles. The minimum absolute atomic E-state index is 0.0209. The zero-order valence-electron chi connectivity index (χ0n) is 19.8. The van der Waals surface area contributed by atoms with Gasteiger partial charge in [0.2, 0.25) is 0 Å². The van der Waals surface area contributed by atoms with Gasteiger partial charge in [-0.05, 0) is 62.2 Å². The number of ether oxygens (including phenoxy) is 1. The van der Waals surface area contributed by atoms with Gasteiger partial charge in [-0.15, -0.1) is 0 Å². The molecule has 0 spiro atoms. The van der Waals surface area contributed by atoms with Crippen LogP contribution in [0.25, 0.3) is 23.0 Å². The minimum Gasteiger partial charge on any atom is -0.494 e. The molecular weight excluding hydrogens is 462 g/mol. The number of carbonyl (C=O) groups excluding carboxylic acids is 1. The van der Waals surface area contributed by atoms with Crippen LogP contribution in [0.4, 0.5) is 0 Å². The zero-order valence-corrected chi connectivity index (χ0v) is 21.4. The van der Waals surface area contributed by atoms with Crippen LogP contribution in [0.5, 0.6) is 5.75 Å². The van der Waals surface area contributed by atoms with Crippen molar-refractivity contribution in [2.75, 3.05) is 13.2 Å². The largest absolute Gasteiger partial charge is 0.494 e. The van der Waals surface area contributed by atoms with Crippen LogP contribution in [0.2, 0.25) is 0 Å². The van der Waals surface area contributed by atoms with E-state index < -0.39 is 0 Å². The van der Waals surface area contributed by atoms with E-state index in [0.29, 0.717) is 22.4 Å². The maximum absolute atomic E-state index is 13.1. The summed E-state index contributed by atoms with van der Waals surface area (Å²) in [5.74, 6) is 0.843. The molecule has 34 heavy (non-hydrogen) atoms. The van der Waals surface area contributed by atoms with Crippen LogP contribution in [0.15, 0.2) is 59.6 Å². The minimum atomic E-state index is -0.0209. The Balaban J connectivity index is 1.73. The smallest absolute Gasteiger partial charge is 0.266 e. The Morgan fingerprint density at radius 3 is 2.62 bits per heavy atom. The second kappa shape index (κ2) is 11.0. The number of unbranched alkanes of at least 4 members (excludes halogenated alkanes) is 2. The third-order valence-corrected chi connectivity index (χ3v) is 7.03. The quantitative estimate of drug-likeness (QED) is 0.191. The fourth-order valence-corrected chi connectivity index (χ4v) is 5.20. The Morgan fingerprint density at radius 2 is 1.91 bits per heavy atom. The molecule has 0 saturated carbocycles. The number of thioether (sulfide) groups is 1. The van der Waals surface area contributed by atoms with Gasteiger partial charge in [0.15, 0.2) is 0 Å². The van der Waals surface area contributed by atoms with E-state index in [0.717, 1.165) is 53.1 Å². The summed E-state index contributed by atoms with van der Waals surface area (Å²) in [5.41, 5.74) is 4.66. The van der Waals surface area contributed by atoms with Gasteiger partial charge in [-0.25, -0.2) is 4.68 Å². The average molecular weight is 492 g/mol. The highest BCUT2D eigenvalue weighted by molar-refractivity contribution is 8.26. The van der Waals surface area contributed by atoms with Gasteiger partial charge in [0.1, 0.15) is 15.8 Å². The van der Waals surface area contributed by atoms with Crippen LogP contribution in [0, 0.1) is 6.92 Å². The highest BCUT2D eigenvalue weighted by Gasteiger charge is 2.32. The van der Waals surface area contributed by atoms with E-state index in [4.69, 9.17) is 22.1 Å². The monoisotopic (exact) mass is 491 g/mol. The van der Waals surface area contributed by atoms with Crippen molar-refractivity contribution in [3.05, 3.63) is 70.8 Å². The van der Waals surface area contributed by atoms with Gasteiger partial charge in [-0.3, -0.25) is 9.69 Å². The summed E-state index contributed by atoms with van der Waals surface area (Å²) in [6.45, 7) is 7.45. The molecule has 1 amide bonds. The molecule has 0 atom stereocenters. The fourth-order valence-electron chi connectivity index (χ4n) is 3.90. The predicted molar refractivity (Wildman–Crippen MR) is 144 cm³/mol. The molecule has 3 aromatic rings. The highest BCUT2D eigenvalue weighted by Crippen LogP contribution is 2.36. The third-order valence-electron chi connectivity index (χ3n) is 5.66. The van der Waals surface area contributed by atoms with Crippen molar-refractivity contribution < 1.29 is 9.53 Å². The molecule has 0 N–H and O–H groups in total. The Labute approximate surface area is 210 Å². The third kappa shape index (κ3) is 5.26. The van der Waals surface area contributed by atoms with Crippen molar-refractivity contribution in [1.82, 2.24) is 14.7 Å². The first-order valence-electron chi connectivity index (χ1n) is 11.7. The molecular formula is C27H29N3O2S2. The number of para-hydroxylation sites is 1. The SMILES string of the molecule is CCCCCN1C(=O)/C(=C/c2cn(-c3ccccc3)nc2-c2ccc(OCC)c(C)c2)SC1=S. The molecule has 1 aromatic heterocycles. The second-order valence-corrected chi connectivity index (χ2v) is 9.84. The number of benzene rings is 2. The molecule has 0 bridgehead atoms. The second-order valence-electron chi connectivity index (χ2n) is 8.17. The van der Waals surface area contributed by atoms with E-state index in [1.165, 1.54) is 11.8 Å². The standard InChI is InChI=1S/C27H29N3O2S2/c1-4-6-10-15-29-26(31)24(34-27(29)33)17-21-18-30(22-11-8-7-9-12-22)28-25(21)20-13-14-23(32-5-2)19(3)16-20/h7-9,11-14,16-18H,4-6,10,15H2,1-3H3/b24-17-. The summed E-state index contributed by atoms with van der Waals surface area (Å²) in [6.07, 6.45) is 7.04. The lowest BCUT2D eigenvalue weighted by molar-refractivity contribution is -0.122. The van der Waals surface area contributed by atoms with Gasteiger partial charge in [-0.2, -0.15) is 5.10 Å². The van der Waals surface area contributed by atoms with Crippen molar-refractivity contribution >= 4 is 40.3 Å². The maximum Gasteiger partial charge on any atom is 0.266 e. The summed E-state index contributed by atoms with van der Waals surface area (Å²) in [7, 11) is 0. The van der Waals surface area contributed by atoms with Gasteiger partial charge >= 0.3 is 0 Å². The molecule has 0 aliphatic carbocycles. The molecule has 176 valence electrons. The summed E-state index contributed by atoms with van der Waals surface area (Å²) in [6, 6.07) is 16.0. The maximum atomic E-state index is 13.1. The van der Waals surface area contributed by atoms with Gasteiger partial charge < -0.3 is 4.74 Å². The van der Waals surface area contributed by atoms with E-state index >= 15 is 0 Å². The molecule has 4 rings (SSSR count). The van der Waals surface area contributed by atoms with E-state index in [-0.39, 0.29) is 5.91 Å². The molecule has 0 radical (unpaired) electrons. The molecule has 2 heterocycles. The summed E-state index contributed by atoms with van der Waals surface area (Å²) < 4.78 is 8.19. The van der Waals surface area contributed by atoms with E-state index in [1.54, 1.807) is 4.90 Å². The van der Waals surface area contributed by atoms with Crippen LogP contribution in [-0.4, -0.2) is 38.1 Å². The lowest BCUT2D eigenvalue weighted by Gasteiger charge is -2.13. The molecule has 7 heteroatoms. The number of hydrogen-bond donors (Lipinski definition) is 0. The number of carbonyl (C=O) groups is 1. The van der Waals surface area contributed by atoms with Gasteiger partial charge in [-0.1, -0.05) is 61.9 Å². The van der Waals surface area contributed by atoms with Gasteiger partial charge in [0.25, 0.3) is 5.91 Å². The number of aromatic nitrogens is 2. The topological polar surface area (TPSA) is 47.4 Å². The Morgan fingerprint density at radius 1 is 1.12 bits per heavy atom. The van der Waals surface area contributed by atoms with Crippen LogP contribution >= 0.6 is 24.0 Å². The number of aryl methyl sites for hydroxylation is 1. The van der Waals surface area contributed by atoms with Gasteiger partial charge in [0, 0.05) is 23.9 Å². The molecule has 2 aromatic carbocycles. The van der Waals surface area contributed by atoms with Crippen molar-refractivity contribution in [3.63, 3.8) is 0 Å². The van der Waals surface area contributed by atoms with Crippen molar-refractivity contribution in [2.24, 2.45) is 0 Å². The van der Waals surface area contributed by atoms with Gasteiger partial charge in [0.05, 0.1) is 17.2 Å². The first-order chi connectivity index (χ1) is 16.5. The van der Waals surface area contributed by atoms with E-state index in [2.05, 4.69) is 13.0 Å². The van der Waals surface area contributed by atoms with Crippen LogP contribution in [0.1, 0.15) is 44.2 Å².